The molecule has 0 aromatic rings. The Morgan fingerprint density at radius 2 is 2.00 bits per heavy atom. The molecule has 0 radical (unpaired) electrons. The van der Waals surface area contributed by atoms with Crippen LogP contribution in [0.5, 0.6) is 0 Å². The summed E-state index contributed by atoms with van der Waals surface area (Å²) < 4.78 is 0. The van der Waals surface area contributed by atoms with Crippen molar-refractivity contribution in [1.82, 2.24) is 0 Å². The molecule has 10 heavy (non-hydrogen) atoms. The van der Waals surface area contributed by atoms with Gasteiger partial charge in [0.2, 0.25) is 0 Å². The second-order valence-corrected chi connectivity index (χ2v) is 2.77. The normalized spacial score (nSPS) is 8.10. The van der Waals surface area contributed by atoms with Gasteiger partial charge >= 0.3 is 0 Å². The van der Waals surface area contributed by atoms with Gasteiger partial charge in [0.15, 0.2) is 0 Å². The Morgan fingerprint density at radius 1 is 1.30 bits per heavy atom. The minimum absolute atomic E-state index is 0.966. The Bertz CT molecular complexity index is 127. The zero-order chi connectivity index (χ0) is 7.66. The highest BCUT2D eigenvalue weighted by Gasteiger charge is 1.77. The van der Waals surface area contributed by atoms with E-state index in [1.165, 1.54) is 0 Å². The van der Waals surface area contributed by atoms with Gasteiger partial charge in [-0.15, -0.1) is 18.4 Å². The number of allylic oxidation sites excluding steroid dienone is 1. The van der Waals surface area contributed by atoms with Gasteiger partial charge in [-0.2, -0.15) is 0 Å². The van der Waals surface area contributed by atoms with Crippen molar-refractivity contribution in [3.63, 3.8) is 0 Å². The molecule has 0 rings (SSSR count). The summed E-state index contributed by atoms with van der Waals surface area (Å²) in [5, 5.41) is 0.988. The molecule has 0 N–H and O–H groups in total. The predicted molar refractivity (Wildman–Crippen MR) is 50.2 cm³/mol. The van der Waals surface area contributed by atoms with Gasteiger partial charge in [0, 0.05) is 18.2 Å². The summed E-state index contributed by atoms with van der Waals surface area (Å²) in [6.45, 7) is 3.64. The first kappa shape index (κ1) is 9.78. The topological polar surface area (TPSA) is 0 Å². The number of rotatable bonds is 4. The van der Waals surface area contributed by atoms with Crippen LogP contribution in [0.4, 0.5) is 0 Å². The van der Waals surface area contributed by atoms with E-state index >= 15 is 0 Å². The average molecular weight is 201 g/mol. The van der Waals surface area contributed by atoms with E-state index in [4.69, 9.17) is 0 Å². The van der Waals surface area contributed by atoms with Crippen LogP contribution in [0.15, 0.2) is 12.7 Å². The van der Waals surface area contributed by atoms with Gasteiger partial charge in [-0.3, -0.25) is 0 Å². The van der Waals surface area contributed by atoms with Gasteiger partial charge in [0.1, 0.15) is 0 Å². The van der Waals surface area contributed by atoms with Gasteiger partial charge < -0.3 is 0 Å². The third-order valence-electron chi connectivity index (χ3n) is 1.05. The Kier molecular flexibility index (Phi) is 8.59. The van der Waals surface area contributed by atoms with E-state index in [1.807, 2.05) is 6.08 Å². The number of alkyl halides is 1. The molecule has 0 aliphatic carbocycles. The summed E-state index contributed by atoms with van der Waals surface area (Å²) in [5.41, 5.74) is 0. The summed E-state index contributed by atoms with van der Waals surface area (Å²) in [5.74, 6) is 6.16. The molecule has 0 unspecified atom stereocenters. The molecule has 0 saturated heterocycles. The first-order valence-electron chi connectivity index (χ1n) is 3.54. The molecule has 0 aromatic carbocycles. The second-order valence-electron chi connectivity index (χ2n) is 1.97. The van der Waals surface area contributed by atoms with Crippen LogP contribution >= 0.6 is 15.9 Å². The van der Waals surface area contributed by atoms with Crippen molar-refractivity contribution in [2.45, 2.75) is 25.7 Å². The van der Waals surface area contributed by atoms with Crippen molar-refractivity contribution in [2.24, 2.45) is 0 Å². The third-order valence-corrected chi connectivity index (χ3v) is 1.45. The number of hydrogen-bond donors (Lipinski definition) is 0. The highest BCUT2D eigenvalue weighted by atomic mass is 79.9. The number of hydrogen-bond acceptors (Lipinski definition) is 0. The summed E-state index contributed by atoms with van der Waals surface area (Å²) in [4.78, 5) is 0. The Hall–Kier alpha value is -0.220. The number of unbranched alkanes of at least 4 members (excludes halogenated alkanes) is 2. The summed E-state index contributed by atoms with van der Waals surface area (Å²) in [7, 11) is 0. The van der Waals surface area contributed by atoms with Crippen molar-refractivity contribution in [1.29, 1.82) is 0 Å². The van der Waals surface area contributed by atoms with Crippen molar-refractivity contribution in [3.8, 4) is 11.8 Å². The van der Waals surface area contributed by atoms with E-state index in [9.17, 15) is 0 Å². The molecule has 1 heteroatoms. The van der Waals surface area contributed by atoms with Gasteiger partial charge in [0.05, 0.1) is 0 Å². The maximum atomic E-state index is 3.64. The van der Waals surface area contributed by atoms with Crippen molar-refractivity contribution in [2.75, 3.05) is 5.33 Å². The molecule has 0 fully saturated rings. The van der Waals surface area contributed by atoms with Crippen LogP contribution in [0, 0.1) is 11.8 Å². The maximum absolute atomic E-state index is 3.64. The average Bonchev–Trinajstić information content (AvgIpc) is 1.97. The minimum atomic E-state index is 0.966. The maximum Gasteiger partial charge on any atom is 0.0186 e. The molecule has 0 atom stereocenters. The summed E-state index contributed by atoms with van der Waals surface area (Å²) >= 11 is 3.31. The highest BCUT2D eigenvalue weighted by Crippen LogP contribution is 1.93. The fraction of sp³-hybridized carbons (Fsp3) is 0.556. The van der Waals surface area contributed by atoms with Crippen LogP contribution in [0.1, 0.15) is 25.7 Å². The molecule has 0 saturated carbocycles. The Balaban J connectivity index is 3.03. The fourth-order valence-corrected chi connectivity index (χ4v) is 0.757. The molecule has 56 valence electrons. The molecule has 0 heterocycles. The Morgan fingerprint density at radius 3 is 2.60 bits per heavy atom. The first-order chi connectivity index (χ1) is 4.91. The van der Waals surface area contributed by atoms with Crippen LogP contribution in [-0.2, 0) is 0 Å². The lowest BCUT2D eigenvalue weighted by molar-refractivity contribution is 0.886. The largest absolute Gasteiger partial charge is 0.103 e. The zero-order valence-corrected chi connectivity index (χ0v) is 7.78. The highest BCUT2D eigenvalue weighted by molar-refractivity contribution is 9.09. The monoisotopic (exact) mass is 200 g/mol. The van der Waals surface area contributed by atoms with E-state index < -0.39 is 0 Å². The molecule has 0 bridgehead atoms. The van der Waals surface area contributed by atoms with Gasteiger partial charge in [-0.05, 0) is 12.8 Å². The van der Waals surface area contributed by atoms with Crippen LogP contribution in [0.3, 0.4) is 0 Å². The van der Waals surface area contributed by atoms with E-state index in [2.05, 4.69) is 34.3 Å². The van der Waals surface area contributed by atoms with E-state index in [1.54, 1.807) is 0 Å². The molecule has 0 nitrogen and oxygen atoms in total. The molecule has 0 aromatic heterocycles. The van der Waals surface area contributed by atoms with Gasteiger partial charge in [0.25, 0.3) is 0 Å². The van der Waals surface area contributed by atoms with E-state index in [-0.39, 0.29) is 0 Å². The van der Waals surface area contributed by atoms with Crippen LogP contribution < -0.4 is 0 Å². The van der Waals surface area contributed by atoms with Crippen LogP contribution in [0.25, 0.3) is 0 Å². The van der Waals surface area contributed by atoms with Gasteiger partial charge in [-0.1, -0.05) is 22.0 Å². The lowest BCUT2D eigenvalue weighted by atomic mass is 10.2. The quantitative estimate of drug-likeness (QED) is 0.283. The number of halogens is 1. The third kappa shape index (κ3) is 7.78. The lowest BCUT2D eigenvalue weighted by Gasteiger charge is -1.84. The Labute approximate surface area is 71.8 Å². The fourth-order valence-electron chi connectivity index (χ4n) is 0.559. The predicted octanol–water partition coefficient (Wildman–Crippen LogP) is 3.13. The molecule has 0 aliphatic rings. The van der Waals surface area contributed by atoms with Crippen molar-refractivity contribution >= 4 is 15.9 Å². The molecular formula is C9H13Br. The lowest BCUT2D eigenvalue weighted by Crippen LogP contribution is -1.70. The van der Waals surface area contributed by atoms with E-state index in [0.717, 1.165) is 31.0 Å². The second kappa shape index (κ2) is 8.78. The van der Waals surface area contributed by atoms with Crippen molar-refractivity contribution < 1.29 is 0 Å². The molecule has 0 aliphatic heterocycles. The SMILES string of the molecule is C=CCCCC#CCCBr. The van der Waals surface area contributed by atoms with Crippen molar-refractivity contribution in [3.05, 3.63) is 12.7 Å². The van der Waals surface area contributed by atoms with E-state index in [0.29, 0.717) is 0 Å². The molecule has 0 amide bonds. The smallest absolute Gasteiger partial charge is 0.0186 e. The standard InChI is InChI=1S/C9H13Br/c1-2-3-4-5-6-7-8-9-10/h2H,1,3-5,8-9H2. The summed E-state index contributed by atoms with van der Waals surface area (Å²) in [6.07, 6.45) is 6.15. The molecule has 0 spiro atoms. The summed E-state index contributed by atoms with van der Waals surface area (Å²) in [6, 6.07) is 0. The van der Waals surface area contributed by atoms with Crippen LogP contribution in [-0.4, -0.2) is 5.33 Å². The minimum Gasteiger partial charge on any atom is -0.103 e. The first-order valence-corrected chi connectivity index (χ1v) is 4.66. The van der Waals surface area contributed by atoms with Crippen LogP contribution in [0.2, 0.25) is 0 Å². The molecular weight excluding hydrogens is 188 g/mol. The van der Waals surface area contributed by atoms with Gasteiger partial charge in [-0.25, -0.2) is 0 Å². The zero-order valence-electron chi connectivity index (χ0n) is 6.20.